The number of nitrogens with two attached hydrogens (primary N) is 1. The number of aromatic nitrogens is 4. The largest absolute Gasteiger partial charge is 0.397 e. The molecule has 0 saturated carbocycles. The van der Waals surface area contributed by atoms with Gasteiger partial charge in [0.1, 0.15) is 5.69 Å². The van der Waals surface area contributed by atoms with Gasteiger partial charge in [-0.3, -0.25) is 4.79 Å². The molecule has 0 radical (unpaired) electrons. The van der Waals surface area contributed by atoms with Gasteiger partial charge in [0.05, 0.1) is 16.9 Å². The average molecular weight is 255 g/mol. The number of Topliss-reactive ketones (excluding diaryl/α,β-unsaturated/α-hetero) is 1. The van der Waals surface area contributed by atoms with Gasteiger partial charge in [-0.05, 0) is 18.2 Å². The van der Waals surface area contributed by atoms with Crippen LogP contribution in [0.3, 0.4) is 0 Å². The van der Waals surface area contributed by atoms with E-state index < -0.39 is 0 Å². The predicted octanol–water partition coefficient (Wildman–Crippen LogP) is 1.75. The van der Waals surface area contributed by atoms with Gasteiger partial charge in [0.2, 0.25) is 0 Å². The Labute approximate surface area is 109 Å². The molecule has 3 aromatic rings. The van der Waals surface area contributed by atoms with Crippen LogP contribution in [0.1, 0.15) is 17.4 Å². The molecule has 3 aromatic heterocycles. The summed E-state index contributed by atoms with van der Waals surface area (Å²) in [5.41, 5.74) is 9.04. The van der Waals surface area contributed by atoms with Crippen molar-refractivity contribution in [2.75, 3.05) is 5.73 Å². The summed E-state index contributed by atoms with van der Waals surface area (Å²) in [7, 11) is 1.90. The molecule has 0 bridgehead atoms. The lowest BCUT2D eigenvalue weighted by Gasteiger charge is -1.96. The number of ketones is 1. The van der Waals surface area contributed by atoms with Crippen molar-refractivity contribution < 1.29 is 4.79 Å². The molecule has 0 aliphatic rings. The maximum atomic E-state index is 11.3. The Kier molecular flexibility index (Phi) is 2.38. The van der Waals surface area contributed by atoms with Gasteiger partial charge < -0.3 is 15.3 Å². The molecule has 0 saturated heterocycles. The number of pyridine rings is 1. The first-order valence-corrected chi connectivity index (χ1v) is 5.84. The van der Waals surface area contributed by atoms with E-state index in [9.17, 15) is 4.79 Å². The number of anilines is 1. The zero-order valence-electron chi connectivity index (χ0n) is 10.6. The van der Waals surface area contributed by atoms with Crippen molar-refractivity contribution >= 4 is 22.6 Å². The Hall–Kier alpha value is -2.63. The number of H-pyrrole nitrogens is 1. The van der Waals surface area contributed by atoms with Gasteiger partial charge >= 0.3 is 0 Å². The molecule has 0 aromatic carbocycles. The minimum Gasteiger partial charge on any atom is -0.397 e. The van der Waals surface area contributed by atoms with E-state index in [2.05, 4.69) is 15.0 Å². The number of carbonyl (C=O) groups is 1. The van der Waals surface area contributed by atoms with Gasteiger partial charge in [-0.2, -0.15) is 0 Å². The van der Waals surface area contributed by atoms with Crippen molar-refractivity contribution in [2.24, 2.45) is 7.05 Å². The summed E-state index contributed by atoms with van der Waals surface area (Å²) < 4.78 is 1.89. The van der Waals surface area contributed by atoms with Crippen LogP contribution >= 0.6 is 0 Å². The van der Waals surface area contributed by atoms with E-state index in [1.54, 1.807) is 6.07 Å². The predicted molar refractivity (Wildman–Crippen MR) is 72.7 cm³/mol. The monoisotopic (exact) mass is 255 g/mol. The zero-order chi connectivity index (χ0) is 13.6. The fourth-order valence-corrected chi connectivity index (χ4v) is 2.04. The second-order valence-electron chi connectivity index (χ2n) is 4.48. The molecule has 0 fully saturated rings. The molecule has 3 N–H and O–H groups in total. The number of nitrogens with zero attached hydrogens (tertiary/aromatic N) is 3. The van der Waals surface area contributed by atoms with Crippen LogP contribution in [0.15, 0.2) is 24.4 Å². The van der Waals surface area contributed by atoms with Crippen LogP contribution in [0.25, 0.3) is 22.7 Å². The standard InChI is InChI=1S/C13H13N5O/c1-7(19)9-3-4-10-12(15-9)17-13(16-10)11-5-8(14)6-18(11)2/h3-6H,14H2,1-2H3,(H,15,16,17). The molecular formula is C13H13N5O. The van der Waals surface area contributed by atoms with Crippen molar-refractivity contribution in [3.63, 3.8) is 0 Å². The van der Waals surface area contributed by atoms with E-state index in [0.29, 0.717) is 22.9 Å². The van der Waals surface area contributed by atoms with Crippen LogP contribution in [0.4, 0.5) is 5.69 Å². The molecule has 0 amide bonds. The number of hydrogen-bond acceptors (Lipinski definition) is 4. The Morgan fingerprint density at radius 3 is 2.79 bits per heavy atom. The first kappa shape index (κ1) is 11.5. The van der Waals surface area contributed by atoms with E-state index in [1.807, 2.05) is 29.9 Å². The highest BCUT2D eigenvalue weighted by Gasteiger charge is 2.11. The van der Waals surface area contributed by atoms with Crippen LogP contribution in [0.5, 0.6) is 0 Å². The number of imidazole rings is 1. The summed E-state index contributed by atoms with van der Waals surface area (Å²) in [5.74, 6) is 0.608. The topological polar surface area (TPSA) is 89.6 Å². The first-order valence-electron chi connectivity index (χ1n) is 5.84. The first-order chi connectivity index (χ1) is 9.04. The minimum absolute atomic E-state index is 0.0745. The van der Waals surface area contributed by atoms with Gasteiger partial charge in [-0.15, -0.1) is 0 Å². The number of aromatic amines is 1. The lowest BCUT2D eigenvalue weighted by atomic mass is 10.3. The summed E-state index contributed by atoms with van der Waals surface area (Å²) in [4.78, 5) is 23.1. The fraction of sp³-hybridized carbons (Fsp3) is 0.154. The quantitative estimate of drug-likeness (QED) is 0.682. The number of rotatable bonds is 2. The average Bonchev–Trinajstić information content (AvgIpc) is 2.90. The molecule has 3 rings (SSSR count). The van der Waals surface area contributed by atoms with E-state index >= 15 is 0 Å². The van der Waals surface area contributed by atoms with Crippen molar-refractivity contribution in [3.05, 3.63) is 30.1 Å². The number of hydrogen-bond donors (Lipinski definition) is 2. The summed E-state index contributed by atoms with van der Waals surface area (Å²) in [6.07, 6.45) is 1.82. The highest BCUT2D eigenvalue weighted by molar-refractivity contribution is 5.94. The van der Waals surface area contributed by atoms with Crippen LogP contribution in [0.2, 0.25) is 0 Å². The molecule has 6 heteroatoms. The maximum Gasteiger partial charge on any atom is 0.178 e. The molecule has 0 aliphatic carbocycles. The Morgan fingerprint density at radius 1 is 1.37 bits per heavy atom. The molecule has 19 heavy (non-hydrogen) atoms. The Morgan fingerprint density at radius 2 is 2.16 bits per heavy atom. The van der Waals surface area contributed by atoms with Gasteiger partial charge in [0, 0.05) is 20.2 Å². The third-order valence-electron chi connectivity index (χ3n) is 2.98. The summed E-state index contributed by atoms with van der Waals surface area (Å²) in [6, 6.07) is 5.33. The Balaban J connectivity index is 2.16. The number of carbonyl (C=O) groups excluding carboxylic acids is 1. The lowest BCUT2D eigenvalue weighted by molar-refractivity contribution is 0.101. The SMILES string of the molecule is CC(=O)c1ccc2[nH]c(-c3cc(N)cn3C)nc2n1. The summed E-state index contributed by atoms with van der Waals surface area (Å²) in [5, 5.41) is 0. The van der Waals surface area contributed by atoms with Crippen LogP contribution in [-0.4, -0.2) is 25.3 Å². The van der Waals surface area contributed by atoms with E-state index in [0.717, 1.165) is 11.2 Å². The van der Waals surface area contributed by atoms with Crippen LogP contribution < -0.4 is 5.73 Å². The van der Waals surface area contributed by atoms with Crippen molar-refractivity contribution in [3.8, 4) is 11.5 Å². The van der Waals surface area contributed by atoms with Crippen molar-refractivity contribution in [1.82, 2.24) is 19.5 Å². The molecule has 3 heterocycles. The van der Waals surface area contributed by atoms with Gasteiger partial charge in [-0.1, -0.05) is 0 Å². The number of nitrogen functional groups attached to an aromatic ring is 1. The summed E-state index contributed by atoms with van der Waals surface area (Å²) >= 11 is 0. The third kappa shape index (κ3) is 1.87. The van der Waals surface area contributed by atoms with Crippen LogP contribution in [0, 0.1) is 0 Å². The molecule has 0 unspecified atom stereocenters. The number of aryl methyl sites for hydroxylation is 1. The van der Waals surface area contributed by atoms with Crippen LogP contribution in [-0.2, 0) is 7.05 Å². The highest BCUT2D eigenvalue weighted by atomic mass is 16.1. The molecule has 0 aliphatic heterocycles. The molecule has 0 atom stereocenters. The van der Waals surface area contributed by atoms with Gasteiger partial charge in [0.15, 0.2) is 17.3 Å². The minimum atomic E-state index is -0.0745. The fourth-order valence-electron chi connectivity index (χ4n) is 2.04. The molecular weight excluding hydrogens is 242 g/mol. The number of nitrogens with one attached hydrogen (secondary N) is 1. The third-order valence-corrected chi connectivity index (χ3v) is 2.98. The van der Waals surface area contributed by atoms with Crippen molar-refractivity contribution in [2.45, 2.75) is 6.92 Å². The molecule has 6 nitrogen and oxygen atoms in total. The van der Waals surface area contributed by atoms with Gasteiger partial charge in [-0.25, -0.2) is 9.97 Å². The van der Waals surface area contributed by atoms with Crippen molar-refractivity contribution in [1.29, 1.82) is 0 Å². The number of fused-ring (bicyclic) bond motifs is 1. The summed E-state index contributed by atoms with van der Waals surface area (Å²) in [6.45, 7) is 1.49. The lowest BCUT2D eigenvalue weighted by Crippen LogP contribution is -1.95. The smallest absolute Gasteiger partial charge is 0.178 e. The highest BCUT2D eigenvalue weighted by Crippen LogP contribution is 2.22. The zero-order valence-corrected chi connectivity index (χ0v) is 10.6. The van der Waals surface area contributed by atoms with E-state index in [-0.39, 0.29) is 5.78 Å². The van der Waals surface area contributed by atoms with Gasteiger partial charge in [0.25, 0.3) is 0 Å². The maximum absolute atomic E-state index is 11.3. The van der Waals surface area contributed by atoms with E-state index in [4.69, 9.17) is 5.73 Å². The normalized spacial score (nSPS) is 11.1. The van der Waals surface area contributed by atoms with E-state index in [1.165, 1.54) is 6.92 Å². The molecule has 0 spiro atoms. The Bertz CT molecular complexity index is 784. The second-order valence-corrected chi connectivity index (χ2v) is 4.48. The molecule has 96 valence electrons. The second kappa shape index (κ2) is 3.94.